The Hall–Kier alpha value is -3.34. The van der Waals surface area contributed by atoms with Crippen molar-refractivity contribution in [3.05, 3.63) is 88.8 Å². The van der Waals surface area contributed by atoms with E-state index in [4.69, 9.17) is 11.3 Å². The summed E-state index contributed by atoms with van der Waals surface area (Å²) in [5, 5.41) is 17.9. The highest BCUT2D eigenvalue weighted by atomic mass is 19.3. The summed E-state index contributed by atoms with van der Waals surface area (Å²) >= 11 is 0. The SMILES string of the molecule is C/C=C(C#Cc1ccc(C(F)(F)C(C)(O)CN(N)C=N)nc1)\C=C/C(C)CCc1ccc(C)cc1. The Morgan fingerprint density at radius 3 is 2.51 bits per heavy atom. The van der Waals surface area contributed by atoms with Crippen molar-refractivity contribution in [2.45, 2.75) is 52.1 Å². The minimum atomic E-state index is -3.68. The molecule has 7 heteroatoms. The van der Waals surface area contributed by atoms with E-state index >= 15 is 0 Å². The number of aromatic nitrogens is 1. The molecular formula is C28H34F2N4O. The molecule has 2 rings (SSSR count). The quantitative estimate of drug-likeness (QED) is 0.110. The lowest BCUT2D eigenvalue weighted by atomic mass is 9.94. The second kappa shape index (κ2) is 12.4. The number of nitrogens with one attached hydrogen (secondary N) is 1. The van der Waals surface area contributed by atoms with Crippen LogP contribution in [0.1, 0.15) is 49.6 Å². The first kappa shape index (κ1) is 27.9. The molecule has 0 aliphatic carbocycles. The predicted molar refractivity (Wildman–Crippen MR) is 137 cm³/mol. The van der Waals surface area contributed by atoms with Gasteiger partial charge in [0, 0.05) is 17.3 Å². The number of nitrogens with two attached hydrogens (primary N) is 1. The molecule has 4 N–H and O–H groups in total. The van der Waals surface area contributed by atoms with Gasteiger partial charge in [-0.25, -0.2) is 5.84 Å². The van der Waals surface area contributed by atoms with Crippen LogP contribution in [0.3, 0.4) is 0 Å². The molecule has 5 nitrogen and oxygen atoms in total. The van der Waals surface area contributed by atoms with Crippen LogP contribution in [0.25, 0.3) is 0 Å². The first-order chi connectivity index (χ1) is 16.5. The fraction of sp³-hybridized carbons (Fsp3) is 0.357. The molecule has 2 aromatic rings. The first-order valence-corrected chi connectivity index (χ1v) is 11.5. The first-order valence-electron chi connectivity index (χ1n) is 11.5. The largest absolute Gasteiger partial charge is 0.381 e. The summed E-state index contributed by atoms with van der Waals surface area (Å²) < 4.78 is 29.5. The molecule has 0 bridgehead atoms. The van der Waals surface area contributed by atoms with E-state index in [9.17, 15) is 13.9 Å². The van der Waals surface area contributed by atoms with Crippen LogP contribution in [0.15, 0.2) is 66.4 Å². The van der Waals surface area contributed by atoms with Gasteiger partial charge < -0.3 is 5.11 Å². The summed E-state index contributed by atoms with van der Waals surface area (Å²) in [7, 11) is 0. The Balaban J connectivity index is 2.02. The van der Waals surface area contributed by atoms with E-state index in [1.165, 1.54) is 23.4 Å². The fourth-order valence-corrected chi connectivity index (χ4v) is 3.30. The summed E-state index contributed by atoms with van der Waals surface area (Å²) in [4.78, 5) is 3.82. The molecule has 0 spiro atoms. The minimum Gasteiger partial charge on any atom is -0.381 e. The van der Waals surface area contributed by atoms with Crippen LogP contribution in [0.5, 0.6) is 0 Å². The molecule has 186 valence electrons. The van der Waals surface area contributed by atoms with E-state index < -0.39 is 23.8 Å². The number of allylic oxidation sites excluding steroid dienone is 4. The number of aryl methyl sites for hydroxylation is 2. The number of alkyl halides is 2. The van der Waals surface area contributed by atoms with Crippen molar-refractivity contribution in [3.63, 3.8) is 0 Å². The summed E-state index contributed by atoms with van der Waals surface area (Å²) in [6, 6.07) is 11.2. The van der Waals surface area contributed by atoms with E-state index in [0.29, 0.717) is 22.8 Å². The lowest BCUT2D eigenvalue weighted by molar-refractivity contribution is -0.185. The van der Waals surface area contributed by atoms with Crippen LogP contribution < -0.4 is 5.84 Å². The number of nitrogens with zero attached hydrogens (tertiary/aromatic N) is 2. The molecule has 0 saturated heterocycles. The maximum absolute atomic E-state index is 14.8. The van der Waals surface area contributed by atoms with Crippen molar-refractivity contribution < 1.29 is 13.9 Å². The van der Waals surface area contributed by atoms with Gasteiger partial charge in [0.2, 0.25) is 0 Å². The Morgan fingerprint density at radius 1 is 1.26 bits per heavy atom. The van der Waals surface area contributed by atoms with Gasteiger partial charge in [-0.1, -0.05) is 66.8 Å². The highest BCUT2D eigenvalue weighted by Crippen LogP contribution is 2.38. The summed E-state index contributed by atoms with van der Waals surface area (Å²) in [6.45, 7) is 6.46. The number of aliphatic hydroxyl groups is 1. The number of benzene rings is 1. The molecule has 1 aromatic carbocycles. The third-order valence-electron chi connectivity index (χ3n) is 5.69. The fourth-order valence-electron chi connectivity index (χ4n) is 3.30. The van der Waals surface area contributed by atoms with Gasteiger partial charge in [0.1, 0.15) is 5.69 Å². The summed E-state index contributed by atoms with van der Waals surface area (Å²) in [5.74, 6) is 8.07. The maximum Gasteiger partial charge on any atom is 0.319 e. The Morgan fingerprint density at radius 2 is 1.94 bits per heavy atom. The number of hydrogen-bond donors (Lipinski definition) is 3. The van der Waals surface area contributed by atoms with Crippen LogP contribution >= 0.6 is 0 Å². The summed E-state index contributed by atoms with van der Waals surface area (Å²) in [5.41, 5.74) is 0.757. The third kappa shape index (κ3) is 8.13. The summed E-state index contributed by atoms with van der Waals surface area (Å²) in [6.07, 6.45) is 9.93. The average molecular weight is 481 g/mol. The number of pyridine rings is 1. The minimum absolute atomic E-state index is 0.376. The molecule has 35 heavy (non-hydrogen) atoms. The van der Waals surface area contributed by atoms with Gasteiger partial charge in [-0.15, -0.1) is 0 Å². The Labute approximate surface area is 206 Å². The second-order valence-corrected chi connectivity index (χ2v) is 8.94. The Bertz CT molecular complexity index is 1090. The molecule has 1 heterocycles. The maximum atomic E-state index is 14.8. The number of hydrazine groups is 1. The molecule has 0 aliphatic rings. The van der Waals surface area contributed by atoms with Gasteiger partial charge in [-0.2, -0.15) is 8.78 Å². The molecule has 0 radical (unpaired) electrons. The normalized spacial score (nSPS) is 14.7. The van der Waals surface area contributed by atoms with Gasteiger partial charge in [0.25, 0.3) is 0 Å². The molecule has 2 atom stereocenters. The molecule has 1 aromatic heterocycles. The third-order valence-corrected chi connectivity index (χ3v) is 5.69. The van der Waals surface area contributed by atoms with Crippen molar-refractivity contribution in [2.75, 3.05) is 6.54 Å². The smallest absolute Gasteiger partial charge is 0.319 e. The van der Waals surface area contributed by atoms with Gasteiger partial charge in [-0.3, -0.25) is 15.4 Å². The van der Waals surface area contributed by atoms with Gasteiger partial charge in [0.15, 0.2) is 5.60 Å². The van der Waals surface area contributed by atoms with Crippen molar-refractivity contribution in [1.82, 2.24) is 9.99 Å². The van der Waals surface area contributed by atoms with E-state index in [0.717, 1.165) is 31.4 Å². The molecular weight excluding hydrogens is 446 g/mol. The molecule has 2 unspecified atom stereocenters. The zero-order valence-electron chi connectivity index (χ0n) is 20.7. The van der Waals surface area contributed by atoms with Gasteiger partial charge in [0.05, 0.1) is 12.9 Å². The van der Waals surface area contributed by atoms with Crippen molar-refractivity contribution in [2.24, 2.45) is 11.8 Å². The highest BCUT2D eigenvalue weighted by Gasteiger charge is 2.52. The standard InChI is InChI=1S/C28H34F2N4O/c1-5-23(10-6-21(2)7-11-24-12-8-22(3)9-13-24)14-15-25-16-17-26(33-18-25)28(29,30)27(4,35)19-34(32)20-31/h5-6,8-10,12-13,16-18,20-21,31,35H,7,11,19,32H2,1-4H3/b10-6-,23-5+,31-20?. The van der Waals surface area contributed by atoms with Crippen LogP contribution in [-0.4, -0.2) is 33.6 Å². The number of rotatable bonds is 10. The van der Waals surface area contributed by atoms with Crippen molar-refractivity contribution >= 4 is 6.34 Å². The van der Waals surface area contributed by atoms with Crippen LogP contribution in [0, 0.1) is 30.1 Å². The van der Waals surface area contributed by atoms with E-state index in [1.54, 1.807) is 0 Å². The average Bonchev–Trinajstić information content (AvgIpc) is 2.83. The molecule has 0 saturated carbocycles. The van der Waals surface area contributed by atoms with Crippen molar-refractivity contribution in [1.29, 1.82) is 5.41 Å². The monoisotopic (exact) mass is 480 g/mol. The molecule has 0 fully saturated rings. The van der Waals surface area contributed by atoms with Crippen LogP contribution in [0.2, 0.25) is 0 Å². The number of hydrogen-bond acceptors (Lipinski definition) is 4. The van der Waals surface area contributed by atoms with E-state index in [2.05, 4.69) is 61.0 Å². The zero-order valence-corrected chi connectivity index (χ0v) is 20.7. The Kier molecular flexibility index (Phi) is 9.88. The topological polar surface area (TPSA) is 86.2 Å². The van der Waals surface area contributed by atoms with E-state index in [1.807, 2.05) is 19.1 Å². The lowest BCUT2D eigenvalue weighted by Crippen LogP contribution is -2.53. The van der Waals surface area contributed by atoms with Crippen molar-refractivity contribution in [3.8, 4) is 11.8 Å². The predicted octanol–water partition coefficient (Wildman–Crippen LogP) is 5.14. The second-order valence-electron chi connectivity index (χ2n) is 8.94. The molecule has 0 aliphatic heterocycles. The number of halogens is 2. The lowest BCUT2D eigenvalue weighted by Gasteiger charge is -2.34. The highest BCUT2D eigenvalue weighted by molar-refractivity contribution is 5.49. The van der Waals surface area contributed by atoms with Gasteiger partial charge in [-0.05, 0) is 57.2 Å². The van der Waals surface area contributed by atoms with Crippen LogP contribution in [0.4, 0.5) is 8.78 Å². The zero-order chi connectivity index (χ0) is 26.1. The molecule has 0 amide bonds. The van der Waals surface area contributed by atoms with Gasteiger partial charge >= 0.3 is 5.92 Å². The van der Waals surface area contributed by atoms with E-state index in [-0.39, 0.29) is 0 Å². The van der Waals surface area contributed by atoms with Crippen LogP contribution in [-0.2, 0) is 12.3 Å².